The van der Waals surface area contributed by atoms with E-state index in [-0.39, 0.29) is 16.5 Å². The smallest absolute Gasteiger partial charge is 0.326 e. The first kappa shape index (κ1) is 17.2. The zero-order valence-electron chi connectivity index (χ0n) is 10.5. The molecule has 1 aromatic rings. The number of nitrogens with two attached hydrogens (primary N) is 1. The van der Waals surface area contributed by atoms with Crippen molar-refractivity contribution in [2.45, 2.75) is 37.0 Å². The molecule has 0 aromatic heterocycles. The lowest BCUT2D eigenvalue weighted by Gasteiger charge is -2.16. The third kappa shape index (κ3) is 4.93. The molecule has 0 saturated heterocycles. The Hall–Kier alpha value is -0.830. The predicted octanol–water partition coefficient (Wildman–Crippen LogP) is 2.42. The fourth-order valence-electron chi connectivity index (χ4n) is 1.61. The van der Waals surface area contributed by atoms with Crippen LogP contribution in [0.25, 0.3) is 0 Å². The minimum atomic E-state index is -4.45. The molecule has 1 atom stereocenters. The lowest BCUT2D eigenvalue weighted by Crippen LogP contribution is -2.36. The molecule has 0 aliphatic heterocycles. The van der Waals surface area contributed by atoms with Gasteiger partial charge in [-0.15, -0.1) is 0 Å². The number of benzene rings is 1. The average molecular weight is 331 g/mol. The van der Waals surface area contributed by atoms with Gasteiger partial charge < -0.3 is 5.73 Å². The van der Waals surface area contributed by atoms with Gasteiger partial charge in [-0.3, -0.25) is 0 Å². The van der Waals surface area contributed by atoms with Gasteiger partial charge in [-0.25, -0.2) is 13.1 Å². The van der Waals surface area contributed by atoms with Crippen LogP contribution in [0.4, 0.5) is 13.2 Å². The summed E-state index contributed by atoms with van der Waals surface area (Å²) in [5.41, 5.74) is 6.00. The predicted molar refractivity (Wildman–Crippen MR) is 69.8 cm³/mol. The second-order valence-electron chi connectivity index (χ2n) is 4.31. The first-order valence-corrected chi connectivity index (χ1v) is 7.49. The molecular weight excluding hydrogens is 317 g/mol. The Morgan fingerprint density at radius 3 is 2.45 bits per heavy atom. The maximum absolute atomic E-state index is 12.2. The number of halogens is 4. The van der Waals surface area contributed by atoms with E-state index in [0.29, 0.717) is 5.56 Å². The second kappa shape index (κ2) is 6.30. The summed E-state index contributed by atoms with van der Waals surface area (Å²) < 4.78 is 62.4. The minimum absolute atomic E-state index is 0.0836. The summed E-state index contributed by atoms with van der Waals surface area (Å²) in [7, 11) is -4.11. The largest absolute Gasteiger partial charge is 0.390 e. The zero-order chi connectivity index (χ0) is 15.6. The second-order valence-corrected chi connectivity index (χ2v) is 6.40. The number of sulfonamides is 1. The molecular formula is C11H14ClF3N2O2S. The molecule has 0 saturated carbocycles. The molecule has 0 fully saturated rings. The fraction of sp³-hybridized carbons (Fsp3) is 0.455. The van der Waals surface area contributed by atoms with Gasteiger partial charge in [-0.05, 0) is 24.6 Å². The van der Waals surface area contributed by atoms with Crippen molar-refractivity contribution in [2.75, 3.05) is 0 Å². The van der Waals surface area contributed by atoms with E-state index in [0.717, 1.165) is 6.92 Å². The van der Waals surface area contributed by atoms with E-state index in [2.05, 4.69) is 0 Å². The third-order valence-electron chi connectivity index (χ3n) is 2.42. The summed E-state index contributed by atoms with van der Waals surface area (Å²) in [5, 5.41) is -0.0836. The highest BCUT2D eigenvalue weighted by Gasteiger charge is 2.32. The summed E-state index contributed by atoms with van der Waals surface area (Å²) in [6.45, 7) is 1.31. The Balaban J connectivity index is 2.94. The van der Waals surface area contributed by atoms with E-state index in [1.807, 2.05) is 4.72 Å². The quantitative estimate of drug-likeness (QED) is 0.871. The van der Waals surface area contributed by atoms with Crippen LogP contribution < -0.4 is 10.5 Å². The number of alkyl halides is 3. The van der Waals surface area contributed by atoms with Gasteiger partial charge in [-0.2, -0.15) is 13.2 Å². The molecule has 20 heavy (non-hydrogen) atoms. The monoisotopic (exact) mass is 330 g/mol. The van der Waals surface area contributed by atoms with Crippen LogP contribution in [-0.4, -0.2) is 20.6 Å². The molecule has 0 radical (unpaired) electrons. The van der Waals surface area contributed by atoms with E-state index >= 15 is 0 Å². The standard InChI is InChI=1S/C11H14ClF3N2O2S/c1-7(5-11(13,14)15)17-20(18,19)10-3-2-8(6-16)4-9(10)12/h2-4,7,17H,5-6,16H2,1H3. The molecule has 114 valence electrons. The van der Waals surface area contributed by atoms with E-state index in [4.69, 9.17) is 17.3 Å². The highest BCUT2D eigenvalue weighted by Crippen LogP contribution is 2.25. The molecule has 3 N–H and O–H groups in total. The number of nitrogens with one attached hydrogen (secondary N) is 1. The van der Waals surface area contributed by atoms with E-state index in [1.54, 1.807) is 0 Å². The van der Waals surface area contributed by atoms with Crippen LogP contribution in [-0.2, 0) is 16.6 Å². The first-order chi connectivity index (χ1) is 9.05. The van der Waals surface area contributed by atoms with Crippen LogP contribution in [0.3, 0.4) is 0 Å². The van der Waals surface area contributed by atoms with Crippen LogP contribution in [0.5, 0.6) is 0 Å². The molecule has 9 heteroatoms. The van der Waals surface area contributed by atoms with Crippen LogP contribution >= 0.6 is 11.6 Å². The molecule has 4 nitrogen and oxygen atoms in total. The van der Waals surface area contributed by atoms with Crippen molar-refractivity contribution in [2.24, 2.45) is 5.73 Å². The summed E-state index contributed by atoms with van der Waals surface area (Å²) in [4.78, 5) is -0.273. The van der Waals surface area contributed by atoms with Crippen molar-refractivity contribution in [3.8, 4) is 0 Å². The van der Waals surface area contributed by atoms with Gasteiger partial charge in [0.25, 0.3) is 0 Å². The lowest BCUT2D eigenvalue weighted by atomic mass is 10.2. The van der Waals surface area contributed by atoms with Gasteiger partial charge >= 0.3 is 6.18 Å². The van der Waals surface area contributed by atoms with Crippen molar-refractivity contribution in [1.29, 1.82) is 0 Å². The Morgan fingerprint density at radius 1 is 1.40 bits per heavy atom. The topological polar surface area (TPSA) is 72.2 Å². The average Bonchev–Trinajstić information content (AvgIpc) is 2.24. The molecule has 0 heterocycles. The van der Waals surface area contributed by atoms with Gasteiger partial charge in [0.15, 0.2) is 0 Å². The SMILES string of the molecule is CC(CC(F)(F)F)NS(=O)(=O)c1ccc(CN)cc1Cl. The first-order valence-electron chi connectivity index (χ1n) is 5.63. The van der Waals surface area contributed by atoms with Crippen molar-refractivity contribution in [3.05, 3.63) is 28.8 Å². The van der Waals surface area contributed by atoms with Crippen LogP contribution in [0, 0.1) is 0 Å². The number of hydrogen-bond acceptors (Lipinski definition) is 3. The molecule has 0 aliphatic rings. The van der Waals surface area contributed by atoms with Gasteiger partial charge in [0.1, 0.15) is 4.90 Å². The van der Waals surface area contributed by atoms with E-state index < -0.39 is 28.7 Å². The molecule has 0 amide bonds. The summed E-state index contributed by atoms with van der Waals surface area (Å²) in [5.74, 6) is 0. The maximum Gasteiger partial charge on any atom is 0.390 e. The normalized spacial score (nSPS) is 14.3. The molecule has 0 aliphatic carbocycles. The number of rotatable bonds is 5. The zero-order valence-corrected chi connectivity index (χ0v) is 12.1. The van der Waals surface area contributed by atoms with Crippen molar-refractivity contribution >= 4 is 21.6 Å². The Bertz CT molecular complexity index is 576. The van der Waals surface area contributed by atoms with Gasteiger partial charge in [0, 0.05) is 12.6 Å². The summed E-state index contributed by atoms with van der Waals surface area (Å²) >= 11 is 5.81. The Morgan fingerprint density at radius 2 is 2.00 bits per heavy atom. The molecule has 0 spiro atoms. The third-order valence-corrected chi connectivity index (χ3v) is 4.49. The highest BCUT2D eigenvalue weighted by molar-refractivity contribution is 7.89. The molecule has 1 aromatic carbocycles. The lowest BCUT2D eigenvalue weighted by molar-refractivity contribution is -0.137. The summed E-state index contributed by atoms with van der Waals surface area (Å²) in [6, 6.07) is 2.75. The summed E-state index contributed by atoms with van der Waals surface area (Å²) in [6.07, 6.45) is -5.71. The van der Waals surface area contributed by atoms with Crippen molar-refractivity contribution < 1.29 is 21.6 Å². The van der Waals surface area contributed by atoms with Crippen LogP contribution in [0.15, 0.2) is 23.1 Å². The molecule has 1 unspecified atom stereocenters. The van der Waals surface area contributed by atoms with E-state index in [1.165, 1.54) is 18.2 Å². The van der Waals surface area contributed by atoms with E-state index in [9.17, 15) is 21.6 Å². The Labute approximate surface area is 120 Å². The number of hydrogen-bond donors (Lipinski definition) is 2. The Kier molecular flexibility index (Phi) is 5.42. The maximum atomic E-state index is 12.2. The van der Waals surface area contributed by atoms with Gasteiger partial charge in [-0.1, -0.05) is 17.7 Å². The van der Waals surface area contributed by atoms with Crippen molar-refractivity contribution in [1.82, 2.24) is 4.72 Å². The minimum Gasteiger partial charge on any atom is -0.326 e. The molecule has 0 bridgehead atoms. The fourth-order valence-corrected chi connectivity index (χ4v) is 3.42. The van der Waals surface area contributed by atoms with Gasteiger partial charge in [0.2, 0.25) is 10.0 Å². The van der Waals surface area contributed by atoms with Crippen LogP contribution in [0.2, 0.25) is 5.02 Å². The molecule has 1 rings (SSSR count). The van der Waals surface area contributed by atoms with Crippen LogP contribution in [0.1, 0.15) is 18.9 Å². The highest BCUT2D eigenvalue weighted by atomic mass is 35.5. The van der Waals surface area contributed by atoms with Crippen molar-refractivity contribution in [3.63, 3.8) is 0 Å². The van der Waals surface area contributed by atoms with Gasteiger partial charge in [0.05, 0.1) is 11.4 Å².